The number of aromatic nitrogens is 2. The van der Waals surface area contributed by atoms with Crippen LogP contribution >= 0.6 is 0 Å². The molecule has 0 aliphatic heterocycles. The minimum Gasteiger partial charge on any atom is -0.480 e. The summed E-state index contributed by atoms with van der Waals surface area (Å²) in [5, 5.41) is 11.2. The number of carboxylic acids is 1. The molecular weight excluding hydrogens is 306 g/mol. The molecule has 0 unspecified atom stereocenters. The summed E-state index contributed by atoms with van der Waals surface area (Å²) in [6.45, 7) is 1.47. The molecule has 24 heavy (non-hydrogen) atoms. The summed E-state index contributed by atoms with van der Waals surface area (Å²) in [5.41, 5.74) is 0.622. The van der Waals surface area contributed by atoms with Crippen LogP contribution in [-0.4, -0.2) is 33.0 Å². The molecule has 0 saturated heterocycles. The lowest BCUT2D eigenvalue weighted by molar-refractivity contribution is -0.138. The maximum absolute atomic E-state index is 12.9. The zero-order valence-corrected chi connectivity index (χ0v) is 13.0. The number of rotatable bonds is 4. The van der Waals surface area contributed by atoms with E-state index in [1.165, 1.54) is 30.4 Å². The van der Waals surface area contributed by atoms with Crippen molar-refractivity contribution in [3.8, 4) is 0 Å². The maximum Gasteiger partial charge on any atom is 0.326 e. The van der Waals surface area contributed by atoms with Gasteiger partial charge in [-0.05, 0) is 18.4 Å². The van der Waals surface area contributed by atoms with Crippen LogP contribution < -0.4 is 4.90 Å². The van der Waals surface area contributed by atoms with E-state index in [9.17, 15) is 14.7 Å². The summed E-state index contributed by atoms with van der Waals surface area (Å²) in [4.78, 5) is 33.6. The van der Waals surface area contributed by atoms with Gasteiger partial charge in [0.25, 0.3) is 5.91 Å². The molecule has 0 fully saturated rings. The predicted molar refractivity (Wildman–Crippen MR) is 89.9 cm³/mol. The van der Waals surface area contributed by atoms with Gasteiger partial charge in [-0.25, -0.2) is 9.78 Å². The summed E-state index contributed by atoms with van der Waals surface area (Å²) in [6, 6.07) is 11.9. The Morgan fingerprint density at radius 1 is 1.08 bits per heavy atom. The van der Waals surface area contributed by atoms with Gasteiger partial charge in [0.15, 0.2) is 0 Å². The van der Waals surface area contributed by atoms with Crippen LogP contribution in [0.4, 0.5) is 5.69 Å². The van der Waals surface area contributed by atoms with E-state index in [1.54, 1.807) is 12.1 Å². The number of carbonyl (C=O) groups excluding carboxylic acids is 1. The summed E-state index contributed by atoms with van der Waals surface area (Å²) in [6.07, 6.45) is 4.19. The molecule has 1 atom stereocenters. The van der Waals surface area contributed by atoms with E-state index in [-0.39, 0.29) is 5.69 Å². The molecule has 1 N–H and O–H groups in total. The first-order chi connectivity index (χ1) is 11.6. The van der Waals surface area contributed by atoms with Gasteiger partial charge >= 0.3 is 5.97 Å². The first kappa shape index (κ1) is 15.6. The van der Waals surface area contributed by atoms with Crippen LogP contribution in [0.5, 0.6) is 0 Å². The monoisotopic (exact) mass is 321 g/mol. The van der Waals surface area contributed by atoms with Crippen molar-refractivity contribution in [1.82, 2.24) is 9.97 Å². The van der Waals surface area contributed by atoms with E-state index in [4.69, 9.17) is 0 Å². The van der Waals surface area contributed by atoms with Gasteiger partial charge in [-0.15, -0.1) is 0 Å². The average molecular weight is 321 g/mol. The van der Waals surface area contributed by atoms with Crippen molar-refractivity contribution in [2.45, 2.75) is 13.0 Å². The average Bonchev–Trinajstić information content (AvgIpc) is 2.62. The molecule has 0 saturated carbocycles. The van der Waals surface area contributed by atoms with Crippen molar-refractivity contribution < 1.29 is 14.7 Å². The number of carbonyl (C=O) groups is 2. The minimum absolute atomic E-state index is 0.0959. The highest BCUT2D eigenvalue weighted by atomic mass is 16.4. The number of fused-ring (bicyclic) bond motifs is 1. The Hall–Kier alpha value is -3.28. The van der Waals surface area contributed by atoms with Gasteiger partial charge in [0, 0.05) is 17.8 Å². The van der Waals surface area contributed by atoms with Gasteiger partial charge in [-0.3, -0.25) is 14.7 Å². The van der Waals surface area contributed by atoms with Crippen LogP contribution in [0.1, 0.15) is 17.4 Å². The molecule has 120 valence electrons. The number of hydrogen-bond acceptors (Lipinski definition) is 4. The van der Waals surface area contributed by atoms with Crippen molar-refractivity contribution in [3.63, 3.8) is 0 Å². The smallest absolute Gasteiger partial charge is 0.326 e. The van der Waals surface area contributed by atoms with Gasteiger partial charge in [-0.2, -0.15) is 0 Å². The first-order valence-electron chi connectivity index (χ1n) is 7.39. The third-order valence-corrected chi connectivity index (χ3v) is 3.77. The van der Waals surface area contributed by atoms with Crippen molar-refractivity contribution in [2.75, 3.05) is 4.90 Å². The Balaban J connectivity index is 2.18. The summed E-state index contributed by atoms with van der Waals surface area (Å²) < 4.78 is 0. The largest absolute Gasteiger partial charge is 0.480 e. The molecule has 1 aromatic heterocycles. The van der Waals surface area contributed by atoms with E-state index in [2.05, 4.69) is 9.97 Å². The lowest BCUT2D eigenvalue weighted by Gasteiger charge is -2.27. The quantitative estimate of drug-likeness (QED) is 0.799. The first-order valence-corrected chi connectivity index (χ1v) is 7.39. The Morgan fingerprint density at radius 2 is 1.83 bits per heavy atom. The van der Waals surface area contributed by atoms with E-state index < -0.39 is 17.9 Å². The molecule has 1 heterocycles. The van der Waals surface area contributed by atoms with Crippen LogP contribution in [0.3, 0.4) is 0 Å². The molecule has 2 aromatic carbocycles. The third kappa shape index (κ3) is 2.81. The van der Waals surface area contributed by atoms with Crippen LogP contribution in [0, 0.1) is 0 Å². The Morgan fingerprint density at radius 3 is 2.54 bits per heavy atom. The second kappa shape index (κ2) is 6.45. The molecule has 0 spiro atoms. The fourth-order valence-corrected chi connectivity index (χ4v) is 2.56. The zero-order chi connectivity index (χ0) is 17.1. The van der Waals surface area contributed by atoms with Crippen LogP contribution in [0.25, 0.3) is 10.8 Å². The Labute approximate surface area is 138 Å². The molecule has 0 bridgehead atoms. The number of amides is 1. The normalized spacial score (nSPS) is 11.9. The number of hydrogen-bond donors (Lipinski definition) is 1. The van der Waals surface area contributed by atoms with Gasteiger partial charge in [0.1, 0.15) is 11.7 Å². The lowest BCUT2D eigenvalue weighted by atomic mass is 10.1. The Kier molecular flexibility index (Phi) is 4.20. The van der Waals surface area contributed by atoms with E-state index in [0.717, 1.165) is 10.8 Å². The Bertz CT molecular complexity index is 891. The summed E-state index contributed by atoms with van der Waals surface area (Å²) in [5.74, 6) is -1.60. The van der Waals surface area contributed by atoms with E-state index >= 15 is 0 Å². The van der Waals surface area contributed by atoms with Crippen LogP contribution in [0.15, 0.2) is 61.1 Å². The molecule has 0 aliphatic rings. The van der Waals surface area contributed by atoms with Gasteiger partial charge in [0.2, 0.25) is 0 Å². The molecule has 6 nitrogen and oxygen atoms in total. The maximum atomic E-state index is 12.9. The fourth-order valence-electron chi connectivity index (χ4n) is 2.56. The van der Waals surface area contributed by atoms with E-state index in [1.807, 2.05) is 30.3 Å². The molecule has 3 aromatic rings. The number of anilines is 1. The second-order valence-electron chi connectivity index (χ2n) is 5.28. The van der Waals surface area contributed by atoms with Crippen molar-refractivity contribution in [1.29, 1.82) is 0 Å². The van der Waals surface area contributed by atoms with Crippen LogP contribution in [0.2, 0.25) is 0 Å². The van der Waals surface area contributed by atoms with Gasteiger partial charge < -0.3 is 5.11 Å². The molecule has 0 aliphatic carbocycles. The van der Waals surface area contributed by atoms with Crippen molar-refractivity contribution in [2.24, 2.45) is 0 Å². The highest BCUT2D eigenvalue weighted by molar-refractivity contribution is 6.12. The predicted octanol–water partition coefficient (Wildman–Crippen LogP) is 2.75. The topological polar surface area (TPSA) is 83.4 Å². The number of aliphatic carboxylic acids is 1. The van der Waals surface area contributed by atoms with Gasteiger partial charge in [-0.1, -0.05) is 36.4 Å². The second-order valence-corrected chi connectivity index (χ2v) is 5.28. The SMILES string of the molecule is C[C@@H](C(=O)O)N(C(=O)c1cnccn1)c1cccc2ccccc12. The summed E-state index contributed by atoms with van der Waals surface area (Å²) in [7, 11) is 0. The third-order valence-electron chi connectivity index (χ3n) is 3.77. The van der Waals surface area contributed by atoms with Crippen molar-refractivity contribution in [3.05, 3.63) is 66.7 Å². The molecule has 3 rings (SSSR count). The number of benzene rings is 2. The van der Waals surface area contributed by atoms with Crippen molar-refractivity contribution >= 4 is 28.3 Å². The zero-order valence-electron chi connectivity index (χ0n) is 13.0. The molecule has 0 radical (unpaired) electrons. The molecule has 1 amide bonds. The highest BCUT2D eigenvalue weighted by Crippen LogP contribution is 2.29. The number of nitrogens with zero attached hydrogens (tertiary/aromatic N) is 3. The molecular formula is C18H15N3O3. The molecule has 6 heteroatoms. The standard InChI is InChI=1S/C18H15N3O3/c1-12(18(23)24)21(17(22)15-11-19-9-10-20-15)16-8-4-6-13-5-2-3-7-14(13)16/h2-12H,1H3,(H,23,24)/t12-/m0/s1. The summed E-state index contributed by atoms with van der Waals surface area (Å²) >= 11 is 0. The fraction of sp³-hybridized carbons (Fsp3) is 0.111. The highest BCUT2D eigenvalue weighted by Gasteiger charge is 2.30. The van der Waals surface area contributed by atoms with Gasteiger partial charge in [0.05, 0.1) is 11.9 Å². The van der Waals surface area contributed by atoms with E-state index in [0.29, 0.717) is 5.69 Å². The lowest BCUT2D eigenvalue weighted by Crippen LogP contribution is -2.44. The van der Waals surface area contributed by atoms with Crippen LogP contribution in [-0.2, 0) is 4.79 Å². The number of carboxylic acid groups (broad SMARTS) is 1. The minimum atomic E-state index is -1.10.